The van der Waals surface area contributed by atoms with Crippen molar-refractivity contribution in [2.24, 2.45) is 5.73 Å². The molecule has 1 heterocycles. The van der Waals surface area contributed by atoms with E-state index < -0.39 is 0 Å². The minimum Gasteiger partial charge on any atom is -0.348 e. The molecule has 1 fully saturated rings. The molecule has 8 nitrogen and oxygen atoms in total. The van der Waals surface area contributed by atoms with E-state index in [0.29, 0.717) is 32.7 Å². The van der Waals surface area contributed by atoms with Crippen molar-refractivity contribution in [1.29, 1.82) is 0 Å². The number of nitrogens with one attached hydrogen (secondary N) is 1. The van der Waals surface area contributed by atoms with Crippen molar-refractivity contribution in [3.8, 4) is 0 Å². The van der Waals surface area contributed by atoms with E-state index in [0.717, 1.165) is 0 Å². The van der Waals surface area contributed by atoms with Gasteiger partial charge in [0, 0.05) is 40.3 Å². The summed E-state index contributed by atoms with van der Waals surface area (Å²) in [4.78, 5) is 39.7. The summed E-state index contributed by atoms with van der Waals surface area (Å²) in [5.74, 6) is -0.404. The Morgan fingerprint density at radius 1 is 1.15 bits per heavy atom. The van der Waals surface area contributed by atoms with E-state index in [1.165, 1.54) is 0 Å². The molecule has 1 rings (SSSR count). The molecule has 8 heteroatoms. The number of rotatable bonds is 5. The molecule has 0 aromatic rings. The van der Waals surface area contributed by atoms with Gasteiger partial charge in [-0.3, -0.25) is 19.3 Å². The van der Waals surface area contributed by atoms with Gasteiger partial charge in [0.1, 0.15) is 0 Å². The fourth-order valence-corrected chi connectivity index (χ4v) is 1.85. The number of amides is 3. The molecule has 0 unspecified atom stereocenters. The van der Waals surface area contributed by atoms with E-state index in [-0.39, 0.29) is 30.8 Å². The summed E-state index contributed by atoms with van der Waals surface area (Å²) < 4.78 is 0. The van der Waals surface area contributed by atoms with Crippen LogP contribution >= 0.6 is 0 Å². The molecule has 20 heavy (non-hydrogen) atoms. The fraction of sp³-hybridized carbons (Fsp3) is 0.750. The zero-order valence-electron chi connectivity index (χ0n) is 12.1. The van der Waals surface area contributed by atoms with Gasteiger partial charge in [-0.05, 0) is 0 Å². The highest BCUT2D eigenvalue weighted by Gasteiger charge is 2.22. The molecule has 0 aromatic carbocycles. The predicted molar refractivity (Wildman–Crippen MR) is 73.8 cm³/mol. The van der Waals surface area contributed by atoms with E-state index in [4.69, 9.17) is 5.73 Å². The Labute approximate surface area is 118 Å². The standard InChI is InChI=1S/C12H23N5O3/c1-15(2)12(20)9-16-3-5-17(6-4-16)11(19)8-14-10(18)7-13/h3-9,13H2,1-2H3,(H,14,18). The maximum Gasteiger partial charge on any atom is 0.242 e. The quantitative estimate of drug-likeness (QED) is 0.572. The van der Waals surface area contributed by atoms with Gasteiger partial charge in [-0.1, -0.05) is 0 Å². The van der Waals surface area contributed by atoms with Gasteiger partial charge in [0.2, 0.25) is 17.7 Å². The monoisotopic (exact) mass is 285 g/mol. The Kier molecular flexibility index (Phi) is 6.40. The van der Waals surface area contributed by atoms with Gasteiger partial charge in [0.25, 0.3) is 0 Å². The first-order valence-electron chi connectivity index (χ1n) is 6.61. The Morgan fingerprint density at radius 2 is 1.75 bits per heavy atom. The summed E-state index contributed by atoms with van der Waals surface area (Å²) in [6.07, 6.45) is 0. The summed E-state index contributed by atoms with van der Waals surface area (Å²) in [5, 5.41) is 2.46. The number of likely N-dealkylation sites (N-methyl/N-ethyl adjacent to an activating group) is 1. The number of carbonyl (C=O) groups excluding carboxylic acids is 3. The first kappa shape index (κ1) is 16.4. The molecule has 1 aliphatic rings. The van der Waals surface area contributed by atoms with Crippen molar-refractivity contribution >= 4 is 17.7 Å². The Hall–Kier alpha value is -1.67. The number of piperazine rings is 1. The first-order valence-corrected chi connectivity index (χ1v) is 6.61. The number of hydrogen-bond acceptors (Lipinski definition) is 5. The number of nitrogens with zero attached hydrogens (tertiary/aromatic N) is 3. The summed E-state index contributed by atoms with van der Waals surface area (Å²) in [6.45, 7) is 2.70. The van der Waals surface area contributed by atoms with Crippen LogP contribution < -0.4 is 11.1 Å². The van der Waals surface area contributed by atoms with Crippen molar-refractivity contribution in [2.75, 3.05) is 59.9 Å². The highest BCUT2D eigenvalue weighted by Crippen LogP contribution is 2.02. The smallest absolute Gasteiger partial charge is 0.242 e. The van der Waals surface area contributed by atoms with E-state index in [2.05, 4.69) is 5.32 Å². The van der Waals surface area contributed by atoms with Gasteiger partial charge >= 0.3 is 0 Å². The van der Waals surface area contributed by atoms with Crippen LogP contribution in [0.4, 0.5) is 0 Å². The summed E-state index contributed by atoms with van der Waals surface area (Å²) >= 11 is 0. The number of hydrogen-bond donors (Lipinski definition) is 2. The Bertz CT molecular complexity index is 364. The van der Waals surface area contributed by atoms with E-state index in [1.807, 2.05) is 4.90 Å². The third kappa shape index (κ3) is 5.14. The lowest BCUT2D eigenvalue weighted by molar-refractivity contribution is -0.135. The zero-order chi connectivity index (χ0) is 15.1. The molecule has 0 spiro atoms. The van der Waals surface area contributed by atoms with Crippen LogP contribution in [0, 0.1) is 0 Å². The van der Waals surface area contributed by atoms with E-state index in [1.54, 1.807) is 23.9 Å². The molecule has 1 aliphatic heterocycles. The van der Waals surface area contributed by atoms with Crippen molar-refractivity contribution in [1.82, 2.24) is 20.0 Å². The van der Waals surface area contributed by atoms with Gasteiger partial charge in [0.15, 0.2) is 0 Å². The average molecular weight is 285 g/mol. The molecule has 0 aliphatic carbocycles. The normalized spacial score (nSPS) is 15.8. The first-order chi connectivity index (χ1) is 9.43. The van der Waals surface area contributed by atoms with Crippen LogP contribution in [0.1, 0.15) is 0 Å². The Balaban J connectivity index is 2.29. The van der Waals surface area contributed by atoms with Crippen LogP contribution in [0.15, 0.2) is 0 Å². The molecule has 0 saturated carbocycles. The van der Waals surface area contributed by atoms with Crippen LogP contribution in [0.3, 0.4) is 0 Å². The maximum absolute atomic E-state index is 11.8. The summed E-state index contributed by atoms with van der Waals surface area (Å²) in [6, 6.07) is 0. The largest absolute Gasteiger partial charge is 0.348 e. The van der Waals surface area contributed by atoms with Crippen LogP contribution in [-0.2, 0) is 14.4 Å². The minimum absolute atomic E-state index is 0.0212. The van der Waals surface area contributed by atoms with E-state index in [9.17, 15) is 14.4 Å². The zero-order valence-corrected chi connectivity index (χ0v) is 12.1. The second-order valence-corrected chi connectivity index (χ2v) is 4.93. The Morgan fingerprint density at radius 3 is 2.25 bits per heavy atom. The van der Waals surface area contributed by atoms with Crippen LogP contribution in [0.25, 0.3) is 0 Å². The molecule has 3 N–H and O–H groups in total. The molecular weight excluding hydrogens is 262 g/mol. The topological polar surface area (TPSA) is 99.0 Å². The second kappa shape index (κ2) is 7.81. The van der Waals surface area contributed by atoms with Crippen molar-refractivity contribution in [2.45, 2.75) is 0 Å². The van der Waals surface area contributed by atoms with Crippen LogP contribution in [0.2, 0.25) is 0 Å². The van der Waals surface area contributed by atoms with Gasteiger partial charge < -0.3 is 20.9 Å². The van der Waals surface area contributed by atoms with Gasteiger partial charge in [0.05, 0.1) is 19.6 Å². The van der Waals surface area contributed by atoms with E-state index >= 15 is 0 Å². The highest BCUT2D eigenvalue weighted by molar-refractivity contribution is 5.85. The maximum atomic E-state index is 11.8. The van der Waals surface area contributed by atoms with Crippen molar-refractivity contribution in [3.05, 3.63) is 0 Å². The molecule has 0 bridgehead atoms. The molecule has 0 atom stereocenters. The summed E-state index contributed by atoms with van der Waals surface area (Å²) in [5.41, 5.74) is 5.15. The fourth-order valence-electron chi connectivity index (χ4n) is 1.85. The predicted octanol–water partition coefficient (Wildman–Crippen LogP) is -2.71. The van der Waals surface area contributed by atoms with Crippen molar-refractivity contribution < 1.29 is 14.4 Å². The lowest BCUT2D eigenvalue weighted by atomic mass is 10.3. The van der Waals surface area contributed by atoms with Crippen LogP contribution in [-0.4, -0.2) is 92.3 Å². The van der Waals surface area contributed by atoms with Gasteiger partial charge in [-0.2, -0.15) is 0 Å². The van der Waals surface area contributed by atoms with Crippen LogP contribution in [0.5, 0.6) is 0 Å². The summed E-state index contributed by atoms with van der Waals surface area (Å²) in [7, 11) is 3.45. The number of carbonyl (C=O) groups is 3. The number of nitrogens with two attached hydrogens (primary N) is 1. The molecule has 0 aromatic heterocycles. The van der Waals surface area contributed by atoms with Gasteiger partial charge in [-0.25, -0.2) is 0 Å². The lowest BCUT2D eigenvalue weighted by Crippen LogP contribution is -2.53. The molecule has 114 valence electrons. The SMILES string of the molecule is CN(C)C(=O)CN1CCN(C(=O)CNC(=O)CN)CC1. The van der Waals surface area contributed by atoms with Crippen molar-refractivity contribution in [3.63, 3.8) is 0 Å². The molecule has 0 radical (unpaired) electrons. The third-order valence-corrected chi connectivity index (χ3v) is 3.20. The molecule has 3 amide bonds. The lowest BCUT2D eigenvalue weighted by Gasteiger charge is -2.34. The average Bonchev–Trinajstić information content (AvgIpc) is 2.44. The highest BCUT2D eigenvalue weighted by atomic mass is 16.2. The molecular formula is C12H23N5O3. The van der Waals surface area contributed by atoms with Gasteiger partial charge in [-0.15, -0.1) is 0 Å². The second-order valence-electron chi connectivity index (χ2n) is 4.93. The minimum atomic E-state index is -0.339. The third-order valence-electron chi connectivity index (χ3n) is 3.20. The molecule has 1 saturated heterocycles.